The van der Waals surface area contributed by atoms with Crippen molar-refractivity contribution in [1.29, 1.82) is 0 Å². The van der Waals surface area contributed by atoms with E-state index in [0.29, 0.717) is 18.1 Å². The van der Waals surface area contributed by atoms with Crippen molar-refractivity contribution < 1.29 is 0 Å². The predicted octanol–water partition coefficient (Wildman–Crippen LogP) is 2.50. The van der Waals surface area contributed by atoms with Gasteiger partial charge in [0.2, 0.25) is 0 Å². The van der Waals surface area contributed by atoms with Crippen LogP contribution >= 0.6 is 11.6 Å². The van der Waals surface area contributed by atoms with Gasteiger partial charge in [-0.05, 0) is 30.7 Å². The van der Waals surface area contributed by atoms with Crippen molar-refractivity contribution in [2.75, 3.05) is 13.1 Å². The van der Waals surface area contributed by atoms with E-state index < -0.39 is 0 Å². The van der Waals surface area contributed by atoms with Gasteiger partial charge in [0.15, 0.2) is 0 Å². The average Bonchev–Trinajstić information content (AvgIpc) is 2.45. The zero-order valence-corrected chi connectivity index (χ0v) is 11.5. The molecule has 0 saturated carbocycles. The van der Waals surface area contributed by atoms with Crippen LogP contribution in [0.2, 0.25) is 5.02 Å². The molecule has 1 aromatic carbocycles. The maximum absolute atomic E-state index is 6.19. The van der Waals surface area contributed by atoms with E-state index in [1.807, 2.05) is 31.2 Å². The molecule has 19 heavy (non-hydrogen) atoms. The second-order valence-electron chi connectivity index (χ2n) is 4.13. The third-order valence-corrected chi connectivity index (χ3v) is 3.30. The molecule has 0 aliphatic heterocycles. The van der Waals surface area contributed by atoms with Crippen molar-refractivity contribution in [3.8, 4) is 11.8 Å². The molecule has 4 heteroatoms. The Morgan fingerprint density at radius 2 is 2.26 bits per heavy atom. The summed E-state index contributed by atoms with van der Waals surface area (Å²) in [6.45, 7) is 2.91. The maximum Gasteiger partial charge on any atom is 0.0765 e. The van der Waals surface area contributed by atoms with Gasteiger partial charge in [-0.25, -0.2) is 0 Å². The van der Waals surface area contributed by atoms with Crippen molar-refractivity contribution in [2.24, 2.45) is 5.73 Å². The molecule has 98 valence electrons. The summed E-state index contributed by atoms with van der Waals surface area (Å²) in [5, 5.41) is 4.97. The number of aromatic nitrogens is 1. The van der Waals surface area contributed by atoms with Gasteiger partial charge in [-0.1, -0.05) is 23.6 Å². The smallest absolute Gasteiger partial charge is 0.0765 e. The van der Waals surface area contributed by atoms with Gasteiger partial charge in [0.25, 0.3) is 0 Å². The Kier molecular flexibility index (Phi) is 4.75. The van der Waals surface area contributed by atoms with Gasteiger partial charge in [-0.2, -0.15) is 0 Å². The Bertz CT molecular complexity index is 628. The van der Waals surface area contributed by atoms with E-state index in [9.17, 15) is 0 Å². The van der Waals surface area contributed by atoms with Gasteiger partial charge in [0.1, 0.15) is 0 Å². The van der Waals surface area contributed by atoms with Crippen LogP contribution in [0.3, 0.4) is 0 Å². The normalized spacial score (nSPS) is 11.9. The molecule has 0 amide bonds. The molecule has 0 spiro atoms. The van der Waals surface area contributed by atoms with Crippen molar-refractivity contribution in [3.63, 3.8) is 0 Å². The van der Waals surface area contributed by atoms with E-state index in [1.165, 1.54) is 0 Å². The monoisotopic (exact) mass is 273 g/mol. The first-order chi connectivity index (χ1) is 9.27. The molecule has 3 N–H and O–H groups in total. The van der Waals surface area contributed by atoms with Crippen molar-refractivity contribution in [2.45, 2.75) is 13.0 Å². The Hall–Kier alpha value is -1.60. The number of nitrogens with one attached hydrogen (secondary N) is 1. The fourth-order valence-electron chi connectivity index (χ4n) is 2.02. The van der Waals surface area contributed by atoms with Gasteiger partial charge < -0.3 is 5.73 Å². The number of halogens is 1. The summed E-state index contributed by atoms with van der Waals surface area (Å²) in [5.41, 5.74) is 7.79. The van der Waals surface area contributed by atoms with Gasteiger partial charge in [0, 0.05) is 29.2 Å². The Morgan fingerprint density at radius 3 is 3.00 bits per heavy atom. The number of hydrogen-bond donors (Lipinski definition) is 2. The lowest BCUT2D eigenvalue weighted by molar-refractivity contribution is 0.585. The fourth-order valence-corrected chi connectivity index (χ4v) is 2.24. The van der Waals surface area contributed by atoms with Crippen LogP contribution in [-0.2, 0) is 0 Å². The molecule has 0 bridgehead atoms. The highest BCUT2D eigenvalue weighted by molar-refractivity contribution is 6.35. The first-order valence-electron chi connectivity index (χ1n) is 6.14. The van der Waals surface area contributed by atoms with Gasteiger partial charge in [-0.3, -0.25) is 10.3 Å². The lowest BCUT2D eigenvalue weighted by atomic mass is 10.0. The lowest BCUT2D eigenvalue weighted by Gasteiger charge is -2.17. The second kappa shape index (κ2) is 6.53. The van der Waals surface area contributed by atoms with Crippen molar-refractivity contribution in [1.82, 2.24) is 10.3 Å². The molecule has 1 atom stereocenters. The zero-order chi connectivity index (χ0) is 13.7. The summed E-state index contributed by atoms with van der Waals surface area (Å²) < 4.78 is 0. The molecule has 1 aromatic heterocycles. The molecule has 0 saturated heterocycles. The largest absolute Gasteiger partial charge is 0.329 e. The van der Waals surface area contributed by atoms with Gasteiger partial charge in [0.05, 0.1) is 12.1 Å². The number of nitrogens with zero attached hydrogens (tertiary/aromatic N) is 1. The van der Waals surface area contributed by atoms with E-state index in [-0.39, 0.29) is 6.04 Å². The van der Waals surface area contributed by atoms with Gasteiger partial charge >= 0.3 is 0 Å². The summed E-state index contributed by atoms with van der Waals surface area (Å²) in [4.78, 5) is 4.42. The number of benzene rings is 1. The third kappa shape index (κ3) is 3.05. The van der Waals surface area contributed by atoms with Crippen LogP contribution in [0.15, 0.2) is 30.5 Å². The minimum absolute atomic E-state index is 0.0236. The first-order valence-corrected chi connectivity index (χ1v) is 6.52. The number of rotatable bonds is 4. The molecule has 2 aromatic rings. The highest BCUT2D eigenvalue weighted by atomic mass is 35.5. The molecule has 3 nitrogen and oxygen atoms in total. The van der Waals surface area contributed by atoms with Crippen LogP contribution in [-0.4, -0.2) is 18.1 Å². The van der Waals surface area contributed by atoms with E-state index >= 15 is 0 Å². The highest BCUT2D eigenvalue weighted by Crippen LogP contribution is 2.28. The summed E-state index contributed by atoms with van der Waals surface area (Å²) >= 11 is 6.19. The Balaban J connectivity index is 2.42. The van der Waals surface area contributed by atoms with Crippen molar-refractivity contribution >= 4 is 22.5 Å². The van der Waals surface area contributed by atoms with Crippen molar-refractivity contribution in [3.05, 3.63) is 41.0 Å². The molecular weight excluding hydrogens is 258 g/mol. The van der Waals surface area contributed by atoms with Crippen LogP contribution in [0.1, 0.15) is 18.5 Å². The summed E-state index contributed by atoms with van der Waals surface area (Å²) in [6.07, 6.45) is 1.77. The molecular formula is C15H16ClN3. The lowest BCUT2D eigenvalue weighted by Crippen LogP contribution is -2.28. The molecule has 2 rings (SSSR count). The third-order valence-electron chi connectivity index (χ3n) is 2.97. The minimum Gasteiger partial charge on any atom is -0.329 e. The summed E-state index contributed by atoms with van der Waals surface area (Å²) in [6, 6.07) is 7.73. The van der Waals surface area contributed by atoms with E-state index in [0.717, 1.165) is 16.5 Å². The average molecular weight is 274 g/mol. The van der Waals surface area contributed by atoms with Crippen LogP contribution in [0.5, 0.6) is 0 Å². The summed E-state index contributed by atoms with van der Waals surface area (Å²) in [7, 11) is 0. The van der Waals surface area contributed by atoms with Crippen LogP contribution in [0, 0.1) is 11.8 Å². The molecule has 0 fully saturated rings. The Labute approximate surface area is 118 Å². The first kappa shape index (κ1) is 13.8. The molecule has 0 aliphatic rings. The predicted molar refractivity (Wildman–Crippen MR) is 80.0 cm³/mol. The molecule has 0 aliphatic carbocycles. The maximum atomic E-state index is 6.19. The van der Waals surface area contributed by atoms with E-state index in [4.69, 9.17) is 17.3 Å². The minimum atomic E-state index is 0.0236. The zero-order valence-electron chi connectivity index (χ0n) is 10.8. The molecule has 1 heterocycles. The highest BCUT2D eigenvalue weighted by Gasteiger charge is 2.14. The molecule has 0 radical (unpaired) electrons. The van der Waals surface area contributed by atoms with E-state index in [1.54, 1.807) is 6.20 Å². The number of nitrogens with two attached hydrogens (primary N) is 1. The number of pyridine rings is 1. The van der Waals surface area contributed by atoms with Crippen LogP contribution in [0.25, 0.3) is 10.9 Å². The fraction of sp³-hybridized carbons (Fsp3) is 0.267. The standard InChI is InChI=1S/C15H16ClN3/c1-2-3-8-18-14(10-17)12-6-7-13(16)11-5-4-9-19-15(11)12/h4-7,9,14,18H,8,10,17H2,1H3. The van der Waals surface area contributed by atoms with Gasteiger partial charge in [-0.15, -0.1) is 5.92 Å². The van der Waals surface area contributed by atoms with Crippen LogP contribution in [0.4, 0.5) is 0 Å². The summed E-state index contributed by atoms with van der Waals surface area (Å²) in [5.74, 6) is 5.83. The second-order valence-corrected chi connectivity index (χ2v) is 4.54. The van der Waals surface area contributed by atoms with E-state index in [2.05, 4.69) is 22.1 Å². The number of hydrogen-bond acceptors (Lipinski definition) is 3. The quantitative estimate of drug-likeness (QED) is 0.842. The number of fused-ring (bicyclic) bond motifs is 1. The topological polar surface area (TPSA) is 50.9 Å². The molecule has 1 unspecified atom stereocenters. The SMILES string of the molecule is CC#CCNC(CN)c1ccc(Cl)c2cccnc12. The van der Waals surface area contributed by atoms with Crippen LogP contribution < -0.4 is 11.1 Å². The Morgan fingerprint density at radius 1 is 1.42 bits per heavy atom.